The van der Waals surface area contributed by atoms with Gasteiger partial charge in [-0.3, -0.25) is 0 Å². The topological polar surface area (TPSA) is 55.8 Å². The highest BCUT2D eigenvalue weighted by molar-refractivity contribution is 5.91. The number of carbonyl (C=O) groups is 1. The Bertz CT molecular complexity index is 689. The van der Waals surface area contributed by atoms with Gasteiger partial charge in [0, 0.05) is 6.07 Å². The van der Waals surface area contributed by atoms with E-state index in [9.17, 15) is 9.90 Å². The van der Waals surface area contributed by atoms with Crippen LogP contribution in [0.5, 0.6) is 17.2 Å². The molecule has 2 rings (SSSR count). The molecule has 0 unspecified atom stereocenters. The fourth-order valence-corrected chi connectivity index (χ4v) is 2.12. The number of benzene rings is 2. The summed E-state index contributed by atoms with van der Waals surface area (Å²) < 4.78 is 11.0. The predicted octanol–water partition coefficient (Wildman–Crippen LogP) is 4.11. The van der Waals surface area contributed by atoms with Crippen LogP contribution in [0.2, 0.25) is 0 Å². The molecule has 21 heavy (non-hydrogen) atoms. The number of aromatic carboxylic acids is 1. The van der Waals surface area contributed by atoms with E-state index in [1.165, 1.54) is 13.2 Å². The number of rotatable bonds is 4. The molecule has 0 aliphatic carbocycles. The summed E-state index contributed by atoms with van der Waals surface area (Å²) in [4.78, 5) is 11.3. The first-order valence-electron chi connectivity index (χ1n) is 6.59. The first-order chi connectivity index (χ1) is 9.92. The van der Waals surface area contributed by atoms with E-state index < -0.39 is 5.97 Å². The lowest BCUT2D eigenvalue weighted by Crippen LogP contribution is -2.01. The van der Waals surface area contributed by atoms with Crippen LogP contribution in [-0.4, -0.2) is 18.2 Å². The lowest BCUT2D eigenvalue weighted by atomic mass is 10.1. The largest absolute Gasteiger partial charge is 0.497 e. The first-order valence-corrected chi connectivity index (χ1v) is 6.59. The Morgan fingerprint density at radius 1 is 1.05 bits per heavy atom. The van der Waals surface area contributed by atoms with Crippen LogP contribution in [0.1, 0.15) is 27.0 Å². The number of carboxylic acid groups (broad SMARTS) is 1. The second kappa shape index (κ2) is 5.87. The van der Waals surface area contributed by atoms with Gasteiger partial charge in [-0.15, -0.1) is 0 Å². The molecular formula is C17H18O4. The van der Waals surface area contributed by atoms with Gasteiger partial charge in [-0.2, -0.15) is 0 Å². The SMILES string of the molecule is COc1ccc(C(=O)O)c(Oc2cc(C)cc(C)c2C)c1. The highest BCUT2D eigenvalue weighted by atomic mass is 16.5. The lowest BCUT2D eigenvalue weighted by molar-refractivity contribution is 0.0694. The molecule has 0 amide bonds. The third-order valence-electron chi connectivity index (χ3n) is 3.40. The van der Waals surface area contributed by atoms with Crippen molar-refractivity contribution in [1.82, 2.24) is 0 Å². The third kappa shape index (κ3) is 3.16. The Kier molecular flexibility index (Phi) is 4.17. The minimum absolute atomic E-state index is 0.106. The summed E-state index contributed by atoms with van der Waals surface area (Å²) in [5.41, 5.74) is 3.26. The average Bonchev–Trinajstić information content (AvgIpc) is 2.43. The van der Waals surface area contributed by atoms with Crippen LogP contribution in [0.3, 0.4) is 0 Å². The molecule has 0 bridgehead atoms. The van der Waals surface area contributed by atoms with E-state index in [1.54, 1.807) is 12.1 Å². The first kappa shape index (κ1) is 14.9. The zero-order valence-electron chi connectivity index (χ0n) is 12.6. The van der Waals surface area contributed by atoms with Crippen molar-refractivity contribution in [2.75, 3.05) is 7.11 Å². The highest BCUT2D eigenvalue weighted by Gasteiger charge is 2.15. The van der Waals surface area contributed by atoms with Gasteiger partial charge in [0.05, 0.1) is 7.11 Å². The van der Waals surface area contributed by atoms with Crippen molar-refractivity contribution in [2.45, 2.75) is 20.8 Å². The van der Waals surface area contributed by atoms with Crippen molar-refractivity contribution in [1.29, 1.82) is 0 Å². The van der Waals surface area contributed by atoms with Crippen molar-refractivity contribution in [3.8, 4) is 17.2 Å². The van der Waals surface area contributed by atoms with Crippen LogP contribution in [0.15, 0.2) is 30.3 Å². The van der Waals surface area contributed by atoms with E-state index in [0.717, 1.165) is 16.7 Å². The molecule has 1 N–H and O–H groups in total. The van der Waals surface area contributed by atoms with E-state index >= 15 is 0 Å². The molecule has 0 radical (unpaired) electrons. The number of hydrogen-bond donors (Lipinski definition) is 1. The minimum Gasteiger partial charge on any atom is -0.497 e. The zero-order valence-corrected chi connectivity index (χ0v) is 12.6. The number of aryl methyl sites for hydroxylation is 2. The molecule has 0 saturated carbocycles. The molecule has 110 valence electrons. The van der Waals surface area contributed by atoms with Crippen LogP contribution in [-0.2, 0) is 0 Å². The van der Waals surface area contributed by atoms with Crippen LogP contribution in [0, 0.1) is 20.8 Å². The van der Waals surface area contributed by atoms with Crippen LogP contribution >= 0.6 is 0 Å². The second-order valence-corrected chi connectivity index (χ2v) is 4.97. The molecule has 0 atom stereocenters. The minimum atomic E-state index is -1.03. The standard InChI is InChI=1S/C17H18O4/c1-10-7-11(2)12(3)15(8-10)21-16-9-13(20-4)5-6-14(16)17(18)19/h5-9H,1-4H3,(H,18,19). The van der Waals surface area contributed by atoms with Crippen molar-refractivity contribution in [3.05, 3.63) is 52.6 Å². The maximum Gasteiger partial charge on any atom is 0.339 e. The quantitative estimate of drug-likeness (QED) is 0.919. The Balaban J connectivity index is 2.50. The van der Waals surface area contributed by atoms with Gasteiger partial charge in [0.25, 0.3) is 0 Å². The van der Waals surface area contributed by atoms with Gasteiger partial charge in [-0.25, -0.2) is 4.79 Å². The van der Waals surface area contributed by atoms with Gasteiger partial charge in [0.2, 0.25) is 0 Å². The summed E-state index contributed by atoms with van der Waals surface area (Å²) in [6.07, 6.45) is 0. The third-order valence-corrected chi connectivity index (χ3v) is 3.40. The highest BCUT2D eigenvalue weighted by Crippen LogP contribution is 2.33. The number of methoxy groups -OCH3 is 1. The maximum atomic E-state index is 11.3. The van der Waals surface area contributed by atoms with E-state index in [4.69, 9.17) is 9.47 Å². The molecule has 0 aliphatic heterocycles. The number of hydrogen-bond acceptors (Lipinski definition) is 3. The molecule has 0 spiro atoms. The molecule has 0 aliphatic rings. The fraction of sp³-hybridized carbons (Fsp3) is 0.235. The molecular weight excluding hydrogens is 268 g/mol. The second-order valence-electron chi connectivity index (χ2n) is 4.97. The summed E-state index contributed by atoms with van der Waals surface area (Å²) in [5.74, 6) is 0.449. The van der Waals surface area contributed by atoms with E-state index in [1.807, 2.05) is 26.8 Å². The Hall–Kier alpha value is -2.49. The van der Waals surface area contributed by atoms with Crippen LogP contribution in [0.25, 0.3) is 0 Å². The summed E-state index contributed by atoms with van der Waals surface area (Å²) in [6.45, 7) is 5.92. The average molecular weight is 286 g/mol. The van der Waals surface area contributed by atoms with E-state index in [0.29, 0.717) is 11.5 Å². The molecule has 2 aromatic carbocycles. The summed E-state index contributed by atoms with van der Waals surface area (Å²) in [6, 6.07) is 8.62. The van der Waals surface area contributed by atoms with Gasteiger partial charge in [0.1, 0.15) is 22.8 Å². The molecule has 0 saturated heterocycles. The van der Waals surface area contributed by atoms with Crippen LogP contribution < -0.4 is 9.47 Å². The van der Waals surface area contributed by atoms with Gasteiger partial charge in [-0.1, -0.05) is 6.07 Å². The fourth-order valence-electron chi connectivity index (χ4n) is 2.12. The molecule has 4 nitrogen and oxygen atoms in total. The normalized spacial score (nSPS) is 10.3. The van der Waals surface area contributed by atoms with Crippen LogP contribution in [0.4, 0.5) is 0 Å². The summed E-state index contributed by atoms with van der Waals surface area (Å²) in [5, 5.41) is 9.26. The predicted molar refractivity (Wildman–Crippen MR) is 80.7 cm³/mol. The summed E-state index contributed by atoms with van der Waals surface area (Å²) >= 11 is 0. The van der Waals surface area contributed by atoms with E-state index in [2.05, 4.69) is 6.07 Å². The number of ether oxygens (including phenoxy) is 2. The van der Waals surface area contributed by atoms with Crippen molar-refractivity contribution >= 4 is 5.97 Å². The smallest absolute Gasteiger partial charge is 0.339 e. The Morgan fingerprint density at radius 2 is 1.76 bits per heavy atom. The van der Waals surface area contributed by atoms with Gasteiger partial charge < -0.3 is 14.6 Å². The Morgan fingerprint density at radius 3 is 2.38 bits per heavy atom. The monoisotopic (exact) mass is 286 g/mol. The molecule has 0 heterocycles. The molecule has 4 heteroatoms. The van der Waals surface area contributed by atoms with Gasteiger partial charge >= 0.3 is 5.97 Å². The number of carboxylic acids is 1. The lowest BCUT2D eigenvalue weighted by Gasteiger charge is -2.14. The molecule has 0 fully saturated rings. The summed E-state index contributed by atoms with van der Waals surface area (Å²) in [7, 11) is 1.53. The van der Waals surface area contributed by atoms with Gasteiger partial charge in [0.15, 0.2) is 0 Å². The zero-order chi connectivity index (χ0) is 15.6. The van der Waals surface area contributed by atoms with Crippen molar-refractivity contribution in [2.24, 2.45) is 0 Å². The maximum absolute atomic E-state index is 11.3. The van der Waals surface area contributed by atoms with Crippen molar-refractivity contribution in [3.63, 3.8) is 0 Å². The Labute approximate surface area is 123 Å². The molecule has 2 aromatic rings. The van der Waals surface area contributed by atoms with E-state index in [-0.39, 0.29) is 11.3 Å². The molecule has 0 aromatic heterocycles. The van der Waals surface area contributed by atoms with Gasteiger partial charge in [-0.05, 0) is 55.7 Å². The van der Waals surface area contributed by atoms with Crippen molar-refractivity contribution < 1.29 is 19.4 Å².